The van der Waals surface area contributed by atoms with Gasteiger partial charge in [0, 0.05) is 61.4 Å². The predicted molar refractivity (Wildman–Crippen MR) is 133 cm³/mol. The summed E-state index contributed by atoms with van der Waals surface area (Å²) in [4.78, 5) is 11.9. The minimum Gasteiger partial charge on any atom is -0.367 e. The number of halogens is 1. The van der Waals surface area contributed by atoms with E-state index in [1.54, 1.807) is 6.07 Å². The Bertz CT molecular complexity index is 1080. The first-order valence-corrected chi connectivity index (χ1v) is 12.0. The van der Waals surface area contributed by atoms with E-state index < -0.39 is 0 Å². The van der Waals surface area contributed by atoms with E-state index in [0.29, 0.717) is 11.7 Å². The fourth-order valence-corrected chi connectivity index (χ4v) is 4.65. The van der Waals surface area contributed by atoms with E-state index in [9.17, 15) is 4.39 Å². The number of rotatable bonds is 6. The number of aromatic nitrogens is 2. The Balaban J connectivity index is 1.45. The minimum absolute atomic E-state index is 0.260. The normalized spacial score (nSPS) is 17.1. The van der Waals surface area contributed by atoms with E-state index in [1.165, 1.54) is 44.2 Å². The van der Waals surface area contributed by atoms with Crippen LogP contribution in [0.1, 0.15) is 32.1 Å². The number of benzene rings is 1. The molecule has 1 aliphatic heterocycles. The third kappa shape index (κ3) is 5.60. The number of pyridine rings is 2. The highest BCUT2D eigenvalue weighted by Crippen LogP contribution is 2.30. The fraction of sp³-hybridized carbons (Fsp3) is 0.385. The largest absolute Gasteiger partial charge is 0.367 e. The van der Waals surface area contributed by atoms with Crippen LogP contribution in [0, 0.1) is 5.82 Å². The van der Waals surface area contributed by atoms with Gasteiger partial charge in [0.1, 0.15) is 17.5 Å². The Kier molecular flexibility index (Phi) is 6.67. The highest BCUT2D eigenvalue weighted by atomic mass is 19.1. The molecule has 2 fully saturated rings. The average Bonchev–Trinajstić information content (AvgIpc) is 2.85. The van der Waals surface area contributed by atoms with Gasteiger partial charge in [-0.25, -0.2) is 14.4 Å². The van der Waals surface area contributed by atoms with Gasteiger partial charge in [0.15, 0.2) is 0 Å². The molecule has 1 aliphatic carbocycles. The lowest BCUT2D eigenvalue weighted by Crippen LogP contribution is -2.43. The number of hydrogen-bond acceptors (Lipinski definition) is 6. The van der Waals surface area contributed by atoms with Crippen molar-refractivity contribution in [2.45, 2.75) is 38.1 Å². The highest BCUT2D eigenvalue weighted by molar-refractivity contribution is 5.73. The molecule has 1 saturated heterocycles. The van der Waals surface area contributed by atoms with E-state index in [4.69, 9.17) is 4.98 Å². The van der Waals surface area contributed by atoms with Crippen molar-refractivity contribution in [3.63, 3.8) is 0 Å². The molecule has 3 N–H and O–H groups in total. The second kappa shape index (κ2) is 10.2. The maximum absolute atomic E-state index is 13.7. The maximum Gasteiger partial charge on any atom is 0.131 e. The SMILES string of the molecule is Fc1cccc(Nc2cc(-c3ccnc(NC4CCCCC4)c3)nc(N3CCNCC3)c2)c1. The summed E-state index contributed by atoms with van der Waals surface area (Å²) >= 11 is 0. The molecule has 0 amide bonds. The summed E-state index contributed by atoms with van der Waals surface area (Å²) in [6.45, 7) is 3.67. The maximum atomic E-state index is 13.7. The van der Waals surface area contributed by atoms with Gasteiger partial charge < -0.3 is 20.9 Å². The molecule has 7 heteroatoms. The van der Waals surface area contributed by atoms with Gasteiger partial charge in [-0.05, 0) is 49.2 Å². The van der Waals surface area contributed by atoms with Crippen molar-refractivity contribution in [1.82, 2.24) is 15.3 Å². The Morgan fingerprint density at radius 1 is 0.939 bits per heavy atom. The molecule has 0 radical (unpaired) electrons. The molecule has 1 saturated carbocycles. The zero-order chi connectivity index (χ0) is 22.5. The number of nitrogens with zero attached hydrogens (tertiary/aromatic N) is 3. The van der Waals surface area contributed by atoms with Crippen LogP contribution in [-0.2, 0) is 0 Å². The minimum atomic E-state index is -0.260. The second-order valence-electron chi connectivity index (χ2n) is 8.88. The summed E-state index contributed by atoms with van der Waals surface area (Å²) in [5, 5.41) is 10.4. The number of piperazine rings is 1. The van der Waals surface area contributed by atoms with Gasteiger partial charge in [0.2, 0.25) is 0 Å². The molecular formula is C26H31FN6. The molecule has 5 rings (SSSR count). The fourth-order valence-electron chi connectivity index (χ4n) is 4.65. The Morgan fingerprint density at radius 2 is 1.79 bits per heavy atom. The summed E-state index contributed by atoms with van der Waals surface area (Å²) in [5.41, 5.74) is 3.49. The van der Waals surface area contributed by atoms with Crippen LogP contribution in [-0.4, -0.2) is 42.2 Å². The van der Waals surface area contributed by atoms with E-state index in [-0.39, 0.29) is 5.82 Å². The Morgan fingerprint density at radius 3 is 2.61 bits per heavy atom. The molecule has 2 aromatic heterocycles. The highest BCUT2D eigenvalue weighted by Gasteiger charge is 2.16. The molecule has 2 aliphatic rings. The van der Waals surface area contributed by atoms with Crippen molar-refractivity contribution >= 4 is 23.0 Å². The average molecular weight is 447 g/mol. The van der Waals surface area contributed by atoms with Crippen LogP contribution in [0.2, 0.25) is 0 Å². The molecule has 3 aromatic rings. The third-order valence-electron chi connectivity index (χ3n) is 6.38. The molecule has 0 bridgehead atoms. The quantitative estimate of drug-likeness (QED) is 0.485. The molecule has 0 spiro atoms. The topological polar surface area (TPSA) is 65.1 Å². The third-order valence-corrected chi connectivity index (χ3v) is 6.38. The van der Waals surface area contributed by atoms with E-state index >= 15 is 0 Å². The molecule has 3 heterocycles. The molecule has 33 heavy (non-hydrogen) atoms. The van der Waals surface area contributed by atoms with E-state index in [0.717, 1.165) is 54.8 Å². The molecule has 0 unspecified atom stereocenters. The lowest BCUT2D eigenvalue weighted by molar-refractivity contribution is 0.462. The van der Waals surface area contributed by atoms with Gasteiger partial charge >= 0.3 is 0 Å². The van der Waals surface area contributed by atoms with Gasteiger partial charge in [-0.3, -0.25) is 0 Å². The van der Waals surface area contributed by atoms with Crippen molar-refractivity contribution in [1.29, 1.82) is 0 Å². The van der Waals surface area contributed by atoms with Crippen LogP contribution in [0.25, 0.3) is 11.3 Å². The summed E-state index contributed by atoms with van der Waals surface area (Å²) in [5.74, 6) is 1.56. The van der Waals surface area contributed by atoms with Crippen molar-refractivity contribution in [3.05, 3.63) is 60.5 Å². The van der Waals surface area contributed by atoms with Crippen LogP contribution in [0.5, 0.6) is 0 Å². The first-order valence-electron chi connectivity index (χ1n) is 12.0. The summed E-state index contributed by atoms with van der Waals surface area (Å²) < 4.78 is 13.7. The molecule has 6 nitrogen and oxygen atoms in total. The van der Waals surface area contributed by atoms with Crippen LogP contribution in [0.4, 0.5) is 27.4 Å². The van der Waals surface area contributed by atoms with Crippen molar-refractivity contribution in [2.75, 3.05) is 41.7 Å². The van der Waals surface area contributed by atoms with Crippen molar-refractivity contribution in [2.24, 2.45) is 0 Å². The molecule has 1 aromatic carbocycles. The van der Waals surface area contributed by atoms with E-state index in [1.807, 2.05) is 30.5 Å². The Labute approximate surface area is 194 Å². The number of anilines is 4. The second-order valence-corrected chi connectivity index (χ2v) is 8.88. The smallest absolute Gasteiger partial charge is 0.131 e. The van der Waals surface area contributed by atoms with Crippen LogP contribution >= 0.6 is 0 Å². The van der Waals surface area contributed by atoms with Crippen molar-refractivity contribution < 1.29 is 4.39 Å². The van der Waals surface area contributed by atoms with Crippen LogP contribution in [0.15, 0.2) is 54.7 Å². The number of nitrogens with one attached hydrogen (secondary N) is 3. The standard InChI is InChI=1S/C26H31FN6/c27-20-5-4-8-22(16-20)30-23-17-24(32-26(18-23)33-13-11-28-12-14-33)19-9-10-29-25(15-19)31-21-6-2-1-3-7-21/h4-5,8-10,15-18,21,28H,1-3,6-7,11-14H2,(H,29,31)(H,30,32). The molecule has 0 atom stereocenters. The zero-order valence-electron chi connectivity index (χ0n) is 18.9. The van der Waals surface area contributed by atoms with Gasteiger partial charge in [0.25, 0.3) is 0 Å². The van der Waals surface area contributed by atoms with Crippen LogP contribution < -0.4 is 20.9 Å². The van der Waals surface area contributed by atoms with Gasteiger partial charge in [-0.1, -0.05) is 25.3 Å². The Hall–Kier alpha value is -3.19. The van der Waals surface area contributed by atoms with Gasteiger partial charge in [0.05, 0.1) is 5.69 Å². The van der Waals surface area contributed by atoms with Gasteiger partial charge in [-0.15, -0.1) is 0 Å². The summed E-state index contributed by atoms with van der Waals surface area (Å²) in [7, 11) is 0. The summed E-state index contributed by atoms with van der Waals surface area (Å²) in [6, 6.07) is 15.2. The predicted octanol–water partition coefficient (Wildman–Crippen LogP) is 5.18. The molecular weight excluding hydrogens is 415 g/mol. The summed E-state index contributed by atoms with van der Waals surface area (Å²) in [6.07, 6.45) is 8.13. The first-order chi connectivity index (χ1) is 16.2. The lowest BCUT2D eigenvalue weighted by atomic mass is 9.95. The van der Waals surface area contributed by atoms with Crippen LogP contribution in [0.3, 0.4) is 0 Å². The monoisotopic (exact) mass is 446 g/mol. The molecule has 172 valence electrons. The zero-order valence-corrected chi connectivity index (χ0v) is 18.9. The first kappa shape index (κ1) is 21.6. The van der Waals surface area contributed by atoms with Gasteiger partial charge in [-0.2, -0.15) is 0 Å². The van der Waals surface area contributed by atoms with E-state index in [2.05, 4.69) is 31.9 Å². The lowest BCUT2D eigenvalue weighted by Gasteiger charge is -2.29. The number of hydrogen-bond donors (Lipinski definition) is 3. The van der Waals surface area contributed by atoms with Crippen molar-refractivity contribution in [3.8, 4) is 11.3 Å².